The van der Waals surface area contributed by atoms with E-state index in [9.17, 15) is 14.0 Å². The molecule has 0 saturated carbocycles. The molecule has 0 bridgehead atoms. The molecular formula is C33H33FN2O6. The number of rotatable bonds is 12. The minimum Gasteiger partial charge on any atom is -0.497 e. The van der Waals surface area contributed by atoms with Gasteiger partial charge in [-0.25, -0.2) is 4.39 Å². The molecule has 218 valence electrons. The van der Waals surface area contributed by atoms with Crippen LogP contribution in [0.1, 0.15) is 22.7 Å². The summed E-state index contributed by atoms with van der Waals surface area (Å²) in [6.45, 7) is -0.171. The summed E-state index contributed by atoms with van der Waals surface area (Å²) in [5.74, 6) is 0.156. The van der Waals surface area contributed by atoms with Gasteiger partial charge in [0, 0.05) is 17.8 Å². The zero-order valence-electron chi connectivity index (χ0n) is 23.9. The molecule has 0 spiro atoms. The minimum absolute atomic E-state index is 0.00790. The number of benzene rings is 4. The highest BCUT2D eigenvalue weighted by atomic mass is 19.1. The second-order valence-corrected chi connectivity index (χ2v) is 9.35. The Hall–Kier alpha value is -5.05. The van der Waals surface area contributed by atoms with Crippen molar-refractivity contribution >= 4 is 17.5 Å². The van der Waals surface area contributed by atoms with Gasteiger partial charge in [-0.15, -0.1) is 0 Å². The van der Waals surface area contributed by atoms with Crippen LogP contribution in [0.5, 0.6) is 23.0 Å². The molecule has 4 aromatic carbocycles. The summed E-state index contributed by atoms with van der Waals surface area (Å²) in [7, 11) is 5.95. The molecule has 4 aromatic rings. The number of halogens is 1. The Bertz CT molecular complexity index is 1490. The zero-order valence-corrected chi connectivity index (χ0v) is 23.9. The van der Waals surface area contributed by atoms with E-state index in [0.29, 0.717) is 34.2 Å². The van der Waals surface area contributed by atoms with Gasteiger partial charge in [0.2, 0.25) is 11.7 Å². The normalized spacial score (nSPS) is 11.3. The zero-order chi connectivity index (χ0) is 30.1. The molecular weight excluding hydrogens is 539 g/mol. The van der Waals surface area contributed by atoms with Crippen LogP contribution < -0.4 is 24.3 Å². The lowest BCUT2D eigenvalue weighted by molar-refractivity contribution is -0.139. The molecule has 0 aromatic heterocycles. The van der Waals surface area contributed by atoms with Crippen molar-refractivity contribution in [2.24, 2.45) is 0 Å². The fourth-order valence-electron chi connectivity index (χ4n) is 4.62. The average molecular weight is 573 g/mol. The van der Waals surface area contributed by atoms with Crippen LogP contribution in [0.15, 0.2) is 91.0 Å². The number of anilines is 1. The second-order valence-electron chi connectivity index (χ2n) is 9.35. The fourth-order valence-corrected chi connectivity index (χ4v) is 4.62. The monoisotopic (exact) mass is 572 g/mol. The highest BCUT2D eigenvalue weighted by Gasteiger charge is 2.34. The Morgan fingerprint density at radius 3 is 1.98 bits per heavy atom. The Balaban J connectivity index is 1.86. The highest BCUT2D eigenvalue weighted by Crippen LogP contribution is 2.41. The van der Waals surface area contributed by atoms with Crippen LogP contribution in [0.3, 0.4) is 0 Å². The van der Waals surface area contributed by atoms with Crippen molar-refractivity contribution in [1.82, 2.24) is 4.90 Å². The molecule has 0 aliphatic carbocycles. The number of nitrogens with zero attached hydrogens (tertiary/aromatic N) is 1. The summed E-state index contributed by atoms with van der Waals surface area (Å²) in [5.41, 5.74) is 1.88. The molecule has 1 unspecified atom stereocenters. The first-order chi connectivity index (χ1) is 20.4. The number of nitrogens with one attached hydrogen (secondary N) is 1. The second kappa shape index (κ2) is 14.0. The lowest BCUT2D eigenvalue weighted by atomic mass is 10.00. The summed E-state index contributed by atoms with van der Waals surface area (Å²) in [6, 6.07) is 24.1. The van der Waals surface area contributed by atoms with Gasteiger partial charge in [-0.1, -0.05) is 48.5 Å². The number of amides is 2. The van der Waals surface area contributed by atoms with E-state index in [1.54, 1.807) is 61.7 Å². The van der Waals surface area contributed by atoms with E-state index < -0.39 is 17.8 Å². The van der Waals surface area contributed by atoms with E-state index in [-0.39, 0.29) is 24.4 Å². The molecule has 0 heterocycles. The Morgan fingerprint density at radius 1 is 0.786 bits per heavy atom. The van der Waals surface area contributed by atoms with Gasteiger partial charge in [-0.3, -0.25) is 9.59 Å². The molecule has 0 aliphatic heterocycles. The number of ether oxygens (including phenoxy) is 4. The van der Waals surface area contributed by atoms with Crippen molar-refractivity contribution in [1.29, 1.82) is 0 Å². The molecule has 0 saturated heterocycles. The Kier molecular flexibility index (Phi) is 9.99. The van der Waals surface area contributed by atoms with Crippen molar-refractivity contribution in [2.75, 3.05) is 33.8 Å². The van der Waals surface area contributed by atoms with E-state index in [1.807, 2.05) is 30.3 Å². The van der Waals surface area contributed by atoms with Crippen LogP contribution in [-0.4, -0.2) is 45.2 Å². The molecule has 42 heavy (non-hydrogen) atoms. The van der Waals surface area contributed by atoms with Gasteiger partial charge in [-0.05, 0) is 53.6 Å². The van der Waals surface area contributed by atoms with Crippen molar-refractivity contribution < 1.29 is 32.9 Å². The van der Waals surface area contributed by atoms with Crippen LogP contribution in [0.25, 0.3) is 0 Å². The minimum atomic E-state index is -1.21. The predicted octanol–water partition coefficient (Wildman–Crippen LogP) is 5.81. The van der Waals surface area contributed by atoms with Gasteiger partial charge in [-0.2, -0.15) is 0 Å². The van der Waals surface area contributed by atoms with Crippen molar-refractivity contribution in [3.05, 3.63) is 114 Å². The smallest absolute Gasteiger partial charge is 0.251 e. The van der Waals surface area contributed by atoms with Crippen LogP contribution in [0, 0.1) is 5.82 Å². The first-order valence-corrected chi connectivity index (χ1v) is 13.2. The van der Waals surface area contributed by atoms with Gasteiger partial charge < -0.3 is 29.2 Å². The predicted molar refractivity (Wildman–Crippen MR) is 158 cm³/mol. The van der Waals surface area contributed by atoms with Gasteiger partial charge in [0.25, 0.3) is 5.91 Å². The molecule has 2 amide bonds. The van der Waals surface area contributed by atoms with E-state index in [0.717, 1.165) is 5.56 Å². The molecule has 1 N–H and O–H groups in total. The van der Waals surface area contributed by atoms with Crippen LogP contribution in [-0.2, 0) is 22.6 Å². The summed E-state index contributed by atoms with van der Waals surface area (Å²) < 4.78 is 36.8. The van der Waals surface area contributed by atoms with Crippen molar-refractivity contribution in [3.8, 4) is 23.0 Å². The van der Waals surface area contributed by atoms with Gasteiger partial charge in [0.15, 0.2) is 11.5 Å². The summed E-state index contributed by atoms with van der Waals surface area (Å²) in [5, 5.41) is 2.90. The van der Waals surface area contributed by atoms with Gasteiger partial charge >= 0.3 is 0 Å². The largest absolute Gasteiger partial charge is 0.497 e. The van der Waals surface area contributed by atoms with Gasteiger partial charge in [0.1, 0.15) is 17.6 Å². The third kappa shape index (κ3) is 6.98. The third-order valence-corrected chi connectivity index (χ3v) is 6.74. The average Bonchev–Trinajstić information content (AvgIpc) is 3.01. The van der Waals surface area contributed by atoms with E-state index in [2.05, 4.69) is 5.32 Å². The van der Waals surface area contributed by atoms with E-state index in [4.69, 9.17) is 18.9 Å². The van der Waals surface area contributed by atoms with Gasteiger partial charge in [0.05, 0.1) is 34.9 Å². The molecule has 0 aliphatic rings. The van der Waals surface area contributed by atoms with Crippen LogP contribution >= 0.6 is 0 Å². The SMILES string of the molecule is COc1ccc(NC(=O)C(c2cc(OC)c(OC)c(OC)c2)N(Cc2ccccc2F)C(=O)Cc2ccccc2)cc1. The highest BCUT2D eigenvalue weighted by molar-refractivity contribution is 5.98. The molecule has 9 heteroatoms. The maximum atomic E-state index is 15.0. The van der Waals surface area contributed by atoms with Crippen molar-refractivity contribution in [2.45, 2.75) is 19.0 Å². The first kappa shape index (κ1) is 29.9. The van der Waals surface area contributed by atoms with E-state index in [1.165, 1.54) is 32.3 Å². The standard InChI is InChI=1S/C33H33FN2O6/c1-39-26-16-14-25(15-17-26)35-33(38)31(24-19-28(40-2)32(42-4)29(20-24)41-3)36(21-23-12-8-9-13-27(23)34)30(37)18-22-10-6-5-7-11-22/h5-17,19-20,31H,18,21H2,1-4H3,(H,35,38). The van der Waals surface area contributed by atoms with E-state index >= 15 is 0 Å². The Labute approximate surface area is 244 Å². The summed E-state index contributed by atoms with van der Waals surface area (Å²) >= 11 is 0. The maximum Gasteiger partial charge on any atom is 0.251 e. The molecule has 8 nitrogen and oxygen atoms in total. The fraction of sp³-hybridized carbons (Fsp3) is 0.212. The molecule has 1 atom stereocenters. The molecule has 0 fully saturated rings. The lowest BCUT2D eigenvalue weighted by Crippen LogP contribution is -2.42. The quantitative estimate of drug-likeness (QED) is 0.231. The lowest BCUT2D eigenvalue weighted by Gasteiger charge is -2.32. The third-order valence-electron chi connectivity index (χ3n) is 6.74. The number of carbonyl (C=O) groups excluding carboxylic acids is 2. The topological polar surface area (TPSA) is 86.3 Å². The number of hydrogen-bond donors (Lipinski definition) is 1. The maximum absolute atomic E-state index is 15.0. The number of methoxy groups -OCH3 is 4. The van der Waals surface area contributed by atoms with Crippen LogP contribution in [0.2, 0.25) is 0 Å². The first-order valence-electron chi connectivity index (χ1n) is 13.2. The Morgan fingerprint density at radius 2 is 1.40 bits per heavy atom. The number of carbonyl (C=O) groups is 2. The van der Waals surface area contributed by atoms with Crippen molar-refractivity contribution in [3.63, 3.8) is 0 Å². The van der Waals surface area contributed by atoms with Crippen LogP contribution in [0.4, 0.5) is 10.1 Å². The molecule has 0 radical (unpaired) electrons. The number of hydrogen-bond acceptors (Lipinski definition) is 6. The summed E-state index contributed by atoms with van der Waals surface area (Å²) in [6.07, 6.45) is -0.00790. The summed E-state index contributed by atoms with van der Waals surface area (Å²) in [4.78, 5) is 29.6. The molecule has 4 rings (SSSR count).